The Morgan fingerprint density at radius 2 is 1.73 bits per heavy atom. The average Bonchev–Trinajstić information content (AvgIpc) is 3.02. The maximum absolute atomic E-state index is 14.3. The lowest BCUT2D eigenvalue weighted by atomic mass is 10.0. The van der Waals surface area contributed by atoms with Crippen molar-refractivity contribution in [3.8, 4) is 5.88 Å². The van der Waals surface area contributed by atoms with Crippen molar-refractivity contribution in [3.05, 3.63) is 53.0 Å². The molecule has 1 amide bonds. The molecule has 3 saturated heterocycles. The van der Waals surface area contributed by atoms with Crippen LogP contribution >= 0.6 is 0 Å². The van der Waals surface area contributed by atoms with Gasteiger partial charge in [0, 0.05) is 63.4 Å². The van der Waals surface area contributed by atoms with Crippen molar-refractivity contribution in [3.63, 3.8) is 0 Å². The van der Waals surface area contributed by atoms with E-state index in [1.165, 1.54) is 12.1 Å². The van der Waals surface area contributed by atoms with E-state index < -0.39 is 0 Å². The number of amides is 1. The number of nitrogens with one attached hydrogen (secondary N) is 1. The first-order chi connectivity index (χ1) is 21.7. The molecular weight excluding hydrogens is 575 g/mol. The normalized spacial score (nSPS) is 28.5. The summed E-state index contributed by atoms with van der Waals surface area (Å²) in [4.78, 5) is 28.5. The van der Waals surface area contributed by atoms with Crippen molar-refractivity contribution < 1.29 is 23.4 Å². The molecule has 10 nitrogen and oxygen atoms in total. The second kappa shape index (κ2) is 14.4. The molecule has 2 aromatic rings. The number of hydrogen-bond acceptors (Lipinski definition) is 9. The quantitative estimate of drug-likeness (QED) is 0.477. The highest BCUT2D eigenvalue weighted by atomic mass is 19.1. The Hall–Kier alpha value is -2.67. The number of piperazine rings is 1. The van der Waals surface area contributed by atoms with E-state index in [-0.39, 0.29) is 23.8 Å². The lowest BCUT2D eigenvalue weighted by Gasteiger charge is -2.46. The number of aromatic nitrogens is 1. The minimum atomic E-state index is -0.257. The number of carbonyl (C=O) groups is 1. The molecule has 0 unspecified atom stereocenters. The summed E-state index contributed by atoms with van der Waals surface area (Å²) in [5.41, 5.74) is 3.66. The van der Waals surface area contributed by atoms with Crippen LogP contribution in [0.5, 0.6) is 5.88 Å². The summed E-state index contributed by atoms with van der Waals surface area (Å²) < 4.78 is 31.2. The van der Waals surface area contributed by atoms with E-state index in [0.717, 1.165) is 68.4 Å². The molecule has 4 aliphatic rings. The summed E-state index contributed by atoms with van der Waals surface area (Å²) in [6.07, 6.45) is 0.587. The van der Waals surface area contributed by atoms with E-state index in [9.17, 15) is 9.18 Å². The van der Waals surface area contributed by atoms with Gasteiger partial charge in [0.2, 0.25) is 11.8 Å². The summed E-state index contributed by atoms with van der Waals surface area (Å²) in [5.74, 6) is 0.311. The molecule has 0 bridgehead atoms. The third-order valence-corrected chi connectivity index (χ3v) is 9.69. The highest BCUT2D eigenvalue weighted by Crippen LogP contribution is 2.36. The molecule has 0 radical (unpaired) electrons. The third-order valence-electron chi connectivity index (χ3n) is 9.69. The van der Waals surface area contributed by atoms with Gasteiger partial charge in [-0.3, -0.25) is 19.5 Å². The fourth-order valence-electron chi connectivity index (χ4n) is 7.11. The van der Waals surface area contributed by atoms with Crippen molar-refractivity contribution in [2.45, 2.75) is 70.9 Å². The minimum absolute atomic E-state index is 0.0599. The van der Waals surface area contributed by atoms with Crippen LogP contribution < -0.4 is 15.0 Å². The second-order valence-corrected chi connectivity index (χ2v) is 13.4. The van der Waals surface area contributed by atoms with Crippen molar-refractivity contribution in [2.24, 2.45) is 0 Å². The third kappa shape index (κ3) is 7.66. The number of benzene rings is 1. The molecule has 5 heterocycles. The standard InChI is InChI=1S/C34H49FN6O4/c1-23-16-39(30(15-36-23)17-40-24(2)20-44-21-25(40)3)19-33(42)41-26(4)22-45-34-32(41)14-28(13-27-5-7-29(35)8-6-27)31(37-34)18-38-9-11-43-12-10-38/h5-8,14,23-26,30,36H,9-13,15-22H2,1-4H3/t23-,24-,25-,26+,30-/m1/s1. The highest BCUT2D eigenvalue weighted by molar-refractivity contribution is 5.97. The summed E-state index contributed by atoms with van der Waals surface area (Å²) in [6, 6.07) is 9.78. The zero-order valence-corrected chi connectivity index (χ0v) is 27.2. The molecule has 0 aliphatic carbocycles. The molecule has 5 atom stereocenters. The van der Waals surface area contributed by atoms with Crippen LogP contribution in [0.25, 0.3) is 0 Å². The van der Waals surface area contributed by atoms with Gasteiger partial charge in [-0.05, 0) is 63.4 Å². The van der Waals surface area contributed by atoms with Gasteiger partial charge in [0.05, 0.1) is 44.7 Å². The molecule has 11 heteroatoms. The Bertz CT molecular complexity index is 1300. The van der Waals surface area contributed by atoms with Gasteiger partial charge in [-0.15, -0.1) is 0 Å². The van der Waals surface area contributed by atoms with Crippen molar-refractivity contribution in [1.29, 1.82) is 0 Å². The molecule has 3 fully saturated rings. The Kier molecular flexibility index (Phi) is 10.3. The zero-order valence-electron chi connectivity index (χ0n) is 27.2. The number of ether oxygens (including phenoxy) is 3. The summed E-state index contributed by atoms with van der Waals surface area (Å²) in [5, 5.41) is 3.64. The van der Waals surface area contributed by atoms with Crippen LogP contribution in [-0.4, -0.2) is 128 Å². The van der Waals surface area contributed by atoms with Crippen molar-refractivity contribution in [2.75, 3.05) is 77.2 Å². The largest absolute Gasteiger partial charge is 0.474 e. The van der Waals surface area contributed by atoms with E-state index in [1.807, 2.05) is 24.0 Å². The number of morpholine rings is 2. The van der Waals surface area contributed by atoms with Gasteiger partial charge in [-0.2, -0.15) is 0 Å². The van der Waals surface area contributed by atoms with Crippen LogP contribution in [0.2, 0.25) is 0 Å². The summed E-state index contributed by atoms with van der Waals surface area (Å²) in [7, 11) is 0. The Balaban J connectivity index is 1.26. The lowest BCUT2D eigenvalue weighted by Crippen LogP contribution is -2.63. The van der Waals surface area contributed by atoms with Crippen LogP contribution in [0.4, 0.5) is 10.1 Å². The number of carbonyl (C=O) groups excluding carboxylic acids is 1. The van der Waals surface area contributed by atoms with Crippen LogP contribution in [0.1, 0.15) is 44.5 Å². The van der Waals surface area contributed by atoms with Crippen molar-refractivity contribution >= 4 is 11.6 Å². The van der Waals surface area contributed by atoms with E-state index in [0.29, 0.717) is 63.3 Å². The van der Waals surface area contributed by atoms with Crippen LogP contribution in [0.3, 0.4) is 0 Å². The van der Waals surface area contributed by atoms with Gasteiger partial charge >= 0.3 is 0 Å². The molecule has 1 aromatic heterocycles. The highest BCUT2D eigenvalue weighted by Gasteiger charge is 2.37. The summed E-state index contributed by atoms with van der Waals surface area (Å²) in [6.45, 7) is 17.1. The van der Waals surface area contributed by atoms with E-state index in [4.69, 9.17) is 19.2 Å². The van der Waals surface area contributed by atoms with E-state index >= 15 is 0 Å². The Morgan fingerprint density at radius 3 is 2.47 bits per heavy atom. The van der Waals surface area contributed by atoms with E-state index in [1.54, 1.807) is 0 Å². The number of hydrogen-bond donors (Lipinski definition) is 1. The fraction of sp³-hybridized carbons (Fsp3) is 0.647. The topological polar surface area (TPSA) is 82.6 Å². The molecular formula is C34H49FN6O4. The van der Waals surface area contributed by atoms with Gasteiger partial charge in [0.25, 0.3) is 0 Å². The number of nitrogens with zero attached hydrogens (tertiary/aromatic N) is 5. The number of fused-ring (bicyclic) bond motifs is 1. The predicted molar refractivity (Wildman–Crippen MR) is 171 cm³/mol. The molecule has 45 heavy (non-hydrogen) atoms. The lowest BCUT2D eigenvalue weighted by molar-refractivity contribution is -0.122. The summed E-state index contributed by atoms with van der Waals surface area (Å²) >= 11 is 0. The molecule has 246 valence electrons. The molecule has 1 N–H and O–H groups in total. The number of rotatable bonds is 8. The Labute approximate surface area is 266 Å². The monoisotopic (exact) mass is 624 g/mol. The number of pyridine rings is 1. The maximum Gasteiger partial charge on any atom is 0.241 e. The Morgan fingerprint density at radius 1 is 1.00 bits per heavy atom. The smallest absolute Gasteiger partial charge is 0.241 e. The molecule has 0 saturated carbocycles. The molecule has 4 aliphatic heterocycles. The molecule has 1 aromatic carbocycles. The molecule has 6 rings (SSSR count). The predicted octanol–water partition coefficient (Wildman–Crippen LogP) is 2.53. The maximum atomic E-state index is 14.3. The SMILES string of the molecule is C[C@@H]1CN(CC(=O)N2c3cc(Cc4ccc(F)cc4)c(CN4CCOCC4)nc3OC[C@@H]2C)[C@@H](CN2[C@H](C)COC[C@H]2C)CN1. The average molecular weight is 625 g/mol. The second-order valence-electron chi connectivity index (χ2n) is 13.4. The first-order valence-corrected chi connectivity index (χ1v) is 16.6. The van der Waals surface area contributed by atoms with Gasteiger partial charge in [0.15, 0.2) is 0 Å². The van der Waals surface area contributed by atoms with Gasteiger partial charge in [-0.25, -0.2) is 9.37 Å². The number of halogens is 1. The first-order valence-electron chi connectivity index (χ1n) is 16.6. The van der Waals surface area contributed by atoms with Gasteiger partial charge < -0.3 is 24.4 Å². The van der Waals surface area contributed by atoms with Crippen LogP contribution in [0.15, 0.2) is 30.3 Å². The van der Waals surface area contributed by atoms with Gasteiger partial charge in [-0.1, -0.05) is 12.1 Å². The van der Waals surface area contributed by atoms with E-state index in [2.05, 4.69) is 46.9 Å². The first kappa shape index (κ1) is 32.3. The number of anilines is 1. The van der Waals surface area contributed by atoms with Gasteiger partial charge in [0.1, 0.15) is 18.1 Å². The zero-order chi connectivity index (χ0) is 31.5. The fourth-order valence-corrected chi connectivity index (χ4v) is 7.11. The molecule has 0 spiro atoms. The van der Waals surface area contributed by atoms with Crippen molar-refractivity contribution in [1.82, 2.24) is 25.0 Å². The van der Waals surface area contributed by atoms with Crippen LogP contribution in [0, 0.1) is 5.82 Å². The van der Waals surface area contributed by atoms with Crippen LogP contribution in [-0.2, 0) is 27.2 Å². The minimum Gasteiger partial charge on any atom is -0.474 e.